The summed E-state index contributed by atoms with van der Waals surface area (Å²) in [6, 6.07) is 13.1. The number of nitrogens with zero attached hydrogens (tertiary/aromatic N) is 3. The molecule has 5 rings (SSSR count). The lowest BCUT2D eigenvalue weighted by atomic mass is 9.89. The number of aliphatic carboxylic acids is 1. The third kappa shape index (κ3) is 4.80. The lowest BCUT2D eigenvalue weighted by molar-refractivity contribution is -0.145. The van der Waals surface area contributed by atoms with Crippen molar-refractivity contribution in [3.63, 3.8) is 0 Å². The predicted molar refractivity (Wildman–Crippen MR) is 131 cm³/mol. The SMILES string of the molecule is O=C(O)[C@H](c1ccccc1)N1CCC(C(=O)N2CCC(c3ccc4c(n3)NCCC4)CC2)CC1. The van der Waals surface area contributed by atoms with Gasteiger partial charge >= 0.3 is 5.97 Å². The molecule has 1 aromatic carbocycles. The highest BCUT2D eigenvalue weighted by atomic mass is 16.4. The van der Waals surface area contributed by atoms with E-state index < -0.39 is 12.0 Å². The van der Waals surface area contributed by atoms with Gasteiger partial charge in [0.25, 0.3) is 0 Å². The van der Waals surface area contributed by atoms with E-state index in [2.05, 4.69) is 17.4 Å². The second kappa shape index (κ2) is 10.1. The zero-order valence-electron chi connectivity index (χ0n) is 19.7. The number of rotatable bonds is 5. The summed E-state index contributed by atoms with van der Waals surface area (Å²) in [7, 11) is 0. The Hall–Kier alpha value is -2.93. The van der Waals surface area contributed by atoms with Gasteiger partial charge in [-0.25, -0.2) is 4.98 Å². The molecule has 7 heteroatoms. The number of aromatic nitrogens is 1. The Labute approximate surface area is 201 Å². The fraction of sp³-hybridized carbons (Fsp3) is 0.519. The second-order valence-electron chi connectivity index (χ2n) is 9.84. The van der Waals surface area contributed by atoms with Gasteiger partial charge in [-0.2, -0.15) is 0 Å². The molecule has 1 amide bonds. The first-order valence-corrected chi connectivity index (χ1v) is 12.6. The molecule has 2 aromatic rings. The lowest BCUT2D eigenvalue weighted by Gasteiger charge is -2.39. The van der Waals surface area contributed by atoms with Crippen molar-refractivity contribution in [3.05, 3.63) is 59.3 Å². The molecular formula is C27H34N4O3. The molecule has 1 atom stereocenters. The smallest absolute Gasteiger partial charge is 0.325 e. The molecule has 0 aliphatic carbocycles. The highest BCUT2D eigenvalue weighted by Gasteiger charge is 2.35. The summed E-state index contributed by atoms with van der Waals surface area (Å²) in [5.74, 6) is 0.851. The van der Waals surface area contributed by atoms with E-state index in [0.29, 0.717) is 31.8 Å². The number of piperidine rings is 2. The number of carboxylic acid groups (broad SMARTS) is 1. The summed E-state index contributed by atoms with van der Waals surface area (Å²) in [4.78, 5) is 34.1. The molecule has 180 valence electrons. The van der Waals surface area contributed by atoms with Crippen molar-refractivity contribution in [1.29, 1.82) is 0 Å². The fourth-order valence-corrected chi connectivity index (χ4v) is 5.77. The van der Waals surface area contributed by atoms with E-state index in [4.69, 9.17) is 4.98 Å². The minimum absolute atomic E-state index is 0.0101. The standard InChI is InChI=1S/C27H34N4O3/c32-26(22-12-15-30(16-13-22)24(27(33)34)20-5-2-1-3-6-20)31-17-10-19(11-18-31)23-9-8-21-7-4-14-28-25(21)29-23/h1-3,5-6,8-9,19,22,24H,4,7,10-18H2,(H,28,29)(H,33,34)/t24-/m0/s1. The number of likely N-dealkylation sites (tertiary alicyclic amines) is 2. The molecule has 2 saturated heterocycles. The van der Waals surface area contributed by atoms with Gasteiger partial charge in [0.05, 0.1) is 0 Å². The number of hydrogen-bond donors (Lipinski definition) is 2. The first-order chi connectivity index (χ1) is 16.6. The van der Waals surface area contributed by atoms with E-state index in [0.717, 1.165) is 62.4 Å². The molecule has 0 spiro atoms. The number of hydrogen-bond acceptors (Lipinski definition) is 5. The number of carboxylic acids is 1. The quantitative estimate of drug-likeness (QED) is 0.705. The van der Waals surface area contributed by atoms with E-state index in [1.54, 1.807) is 0 Å². The van der Waals surface area contributed by atoms with Crippen LogP contribution in [-0.2, 0) is 16.0 Å². The molecule has 34 heavy (non-hydrogen) atoms. The maximum atomic E-state index is 13.2. The first-order valence-electron chi connectivity index (χ1n) is 12.6. The van der Waals surface area contributed by atoms with E-state index in [1.165, 1.54) is 5.56 Å². The van der Waals surface area contributed by atoms with Gasteiger partial charge in [0.2, 0.25) is 5.91 Å². The van der Waals surface area contributed by atoms with E-state index >= 15 is 0 Å². The van der Waals surface area contributed by atoms with Gasteiger partial charge in [0, 0.05) is 50.3 Å². The van der Waals surface area contributed by atoms with Gasteiger partial charge in [0.1, 0.15) is 11.9 Å². The Bertz CT molecular complexity index is 1010. The van der Waals surface area contributed by atoms with Crippen LogP contribution < -0.4 is 5.32 Å². The monoisotopic (exact) mass is 462 g/mol. The fourth-order valence-electron chi connectivity index (χ4n) is 5.77. The Morgan fingerprint density at radius 3 is 2.41 bits per heavy atom. The van der Waals surface area contributed by atoms with Crippen molar-refractivity contribution in [2.45, 2.75) is 50.5 Å². The number of carbonyl (C=O) groups excluding carboxylic acids is 1. The van der Waals surface area contributed by atoms with Crippen LogP contribution in [0.4, 0.5) is 5.82 Å². The van der Waals surface area contributed by atoms with Crippen LogP contribution in [0.25, 0.3) is 0 Å². The number of anilines is 1. The third-order valence-corrected chi connectivity index (χ3v) is 7.73. The molecule has 7 nitrogen and oxygen atoms in total. The van der Waals surface area contributed by atoms with Gasteiger partial charge in [-0.05, 0) is 55.7 Å². The summed E-state index contributed by atoms with van der Waals surface area (Å²) < 4.78 is 0. The molecule has 4 heterocycles. The minimum atomic E-state index is -0.830. The van der Waals surface area contributed by atoms with Crippen molar-refractivity contribution in [2.75, 3.05) is 38.0 Å². The zero-order chi connectivity index (χ0) is 23.5. The van der Waals surface area contributed by atoms with Gasteiger partial charge in [-0.15, -0.1) is 0 Å². The van der Waals surface area contributed by atoms with Gasteiger partial charge < -0.3 is 15.3 Å². The molecule has 0 bridgehead atoms. The van der Waals surface area contributed by atoms with Crippen LogP contribution in [-0.4, -0.2) is 64.5 Å². The molecule has 0 saturated carbocycles. The maximum absolute atomic E-state index is 13.2. The molecular weight excluding hydrogens is 428 g/mol. The average Bonchev–Trinajstić information content (AvgIpc) is 2.89. The van der Waals surface area contributed by atoms with Gasteiger partial charge in [-0.3, -0.25) is 14.5 Å². The number of pyridine rings is 1. The number of nitrogens with one attached hydrogen (secondary N) is 1. The molecule has 1 aromatic heterocycles. The summed E-state index contributed by atoms with van der Waals surface area (Å²) in [5.41, 5.74) is 3.26. The zero-order valence-corrected chi connectivity index (χ0v) is 19.7. The number of carbonyl (C=O) groups is 2. The summed E-state index contributed by atoms with van der Waals surface area (Å²) in [6.45, 7) is 3.80. The van der Waals surface area contributed by atoms with Crippen molar-refractivity contribution < 1.29 is 14.7 Å². The third-order valence-electron chi connectivity index (χ3n) is 7.73. The molecule has 3 aliphatic heterocycles. The predicted octanol–water partition coefficient (Wildman–Crippen LogP) is 3.68. The van der Waals surface area contributed by atoms with Crippen LogP contribution in [0.1, 0.15) is 60.9 Å². The Morgan fingerprint density at radius 2 is 1.71 bits per heavy atom. The minimum Gasteiger partial charge on any atom is -0.480 e. The van der Waals surface area contributed by atoms with Crippen LogP contribution in [0.5, 0.6) is 0 Å². The average molecular weight is 463 g/mol. The van der Waals surface area contributed by atoms with Crippen LogP contribution >= 0.6 is 0 Å². The Kier molecular flexibility index (Phi) is 6.81. The topological polar surface area (TPSA) is 85.8 Å². The largest absolute Gasteiger partial charge is 0.480 e. The van der Waals surface area contributed by atoms with Crippen molar-refractivity contribution >= 4 is 17.7 Å². The molecule has 3 aliphatic rings. The molecule has 2 N–H and O–H groups in total. The number of fused-ring (bicyclic) bond motifs is 1. The molecule has 2 fully saturated rings. The van der Waals surface area contributed by atoms with E-state index in [1.807, 2.05) is 40.1 Å². The van der Waals surface area contributed by atoms with Gasteiger partial charge in [-0.1, -0.05) is 36.4 Å². The summed E-state index contributed by atoms with van der Waals surface area (Å²) >= 11 is 0. The van der Waals surface area contributed by atoms with Crippen LogP contribution in [0.15, 0.2) is 42.5 Å². The van der Waals surface area contributed by atoms with Crippen molar-refractivity contribution in [3.8, 4) is 0 Å². The number of benzene rings is 1. The number of aryl methyl sites for hydroxylation is 1. The maximum Gasteiger partial charge on any atom is 0.325 e. The number of amides is 1. The molecule has 0 unspecified atom stereocenters. The van der Waals surface area contributed by atoms with Crippen LogP contribution in [0.3, 0.4) is 0 Å². The second-order valence-corrected chi connectivity index (χ2v) is 9.84. The normalized spacial score (nSPS) is 20.9. The Morgan fingerprint density at radius 1 is 0.971 bits per heavy atom. The lowest BCUT2D eigenvalue weighted by Crippen LogP contribution is -2.46. The first kappa shape index (κ1) is 22.8. The van der Waals surface area contributed by atoms with Crippen molar-refractivity contribution in [2.24, 2.45) is 5.92 Å². The highest BCUT2D eigenvalue weighted by molar-refractivity contribution is 5.79. The van der Waals surface area contributed by atoms with Crippen molar-refractivity contribution in [1.82, 2.24) is 14.8 Å². The summed E-state index contributed by atoms with van der Waals surface area (Å²) in [5, 5.41) is 13.2. The van der Waals surface area contributed by atoms with E-state index in [9.17, 15) is 14.7 Å². The Balaban J connectivity index is 1.14. The van der Waals surface area contributed by atoms with Gasteiger partial charge in [0.15, 0.2) is 0 Å². The summed E-state index contributed by atoms with van der Waals surface area (Å²) in [6.07, 6.45) is 5.59. The molecule has 0 radical (unpaired) electrons. The van der Waals surface area contributed by atoms with Crippen LogP contribution in [0, 0.1) is 5.92 Å². The highest BCUT2D eigenvalue weighted by Crippen LogP contribution is 2.32. The van der Waals surface area contributed by atoms with Crippen LogP contribution in [0.2, 0.25) is 0 Å². The van der Waals surface area contributed by atoms with E-state index in [-0.39, 0.29) is 11.8 Å².